The first-order chi connectivity index (χ1) is 16.2. The molecule has 7 heteroatoms. The Balaban J connectivity index is 1.43. The van der Waals surface area contributed by atoms with Crippen LogP contribution in [0.4, 0.5) is 0 Å². The number of nitrogens with zero attached hydrogens (tertiary/aromatic N) is 3. The smallest absolute Gasteiger partial charge is 0.250 e. The molecule has 0 unspecified atom stereocenters. The minimum atomic E-state index is -0.182. The van der Waals surface area contributed by atoms with Crippen molar-refractivity contribution >= 4 is 34.8 Å². The van der Waals surface area contributed by atoms with Crippen LogP contribution in [0.25, 0.3) is 10.9 Å². The molecule has 0 atom stereocenters. The van der Waals surface area contributed by atoms with Gasteiger partial charge in [0, 0.05) is 34.1 Å². The number of hydrazone groups is 1. The number of fused-ring (bicyclic) bond motifs is 1. The van der Waals surface area contributed by atoms with Crippen LogP contribution in [0.1, 0.15) is 16.7 Å². The molecule has 4 aromatic rings. The number of nitrogens with one attached hydrogen (secondary N) is 1. The number of methoxy groups -OCH3 is 1. The van der Waals surface area contributed by atoms with Crippen molar-refractivity contribution in [1.82, 2.24) is 9.99 Å². The Kier molecular flexibility index (Phi) is 7.08. The van der Waals surface area contributed by atoms with Crippen molar-refractivity contribution in [3.05, 3.63) is 95.7 Å². The largest absolute Gasteiger partial charge is 0.497 e. The van der Waals surface area contributed by atoms with Crippen LogP contribution in [0.5, 0.6) is 5.75 Å². The molecule has 1 amide bonds. The number of aromatic nitrogens is 1. The molecule has 0 fully saturated rings. The van der Waals surface area contributed by atoms with E-state index in [1.54, 1.807) is 13.3 Å². The zero-order chi connectivity index (χ0) is 23.0. The highest BCUT2D eigenvalue weighted by Gasteiger charge is 2.09. The van der Waals surface area contributed by atoms with Gasteiger partial charge in [-0.05, 0) is 42.0 Å². The maximum atomic E-state index is 12.2. The molecule has 164 valence electrons. The van der Waals surface area contributed by atoms with E-state index in [2.05, 4.69) is 21.2 Å². The van der Waals surface area contributed by atoms with Gasteiger partial charge < -0.3 is 9.30 Å². The molecule has 0 bridgehead atoms. The third kappa shape index (κ3) is 5.43. The molecule has 0 aliphatic rings. The van der Waals surface area contributed by atoms with Crippen LogP contribution >= 0.6 is 11.8 Å². The predicted molar refractivity (Wildman–Crippen MR) is 132 cm³/mol. The lowest BCUT2D eigenvalue weighted by Crippen LogP contribution is -2.19. The third-order valence-corrected chi connectivity index (χ3v) is 6.13. The molecule has 6 nitrogen and oxygen atoms in total. The fourth-order valence-electron chi connectivity index (χ4n) is 3.49. The van der Waals surface area contributed by atoms with Crippen molar-refractivity contribution < 1.29 is 9.53 Å². The summed E-state index contributed by atoms with van der Waals surface area (Å²) in [6, 6.07) is 25.4. The number of amides is 1. The first kappa shape index (κ1) is 22.2. The zero-order valence-corrected chi connectivity index (χ0v) is 18.9. The van der Waals surface area contributed by atoms with Crippen LogP contribution in [0.15, 0.2) is 89.0 Å². The average molecular weight is 455 g/mol. The number of carbonyl (C=O) groups excluding carboxylic acids is 1. The zero-order valence-electron chi connectivity index (χ0n) is 18.1. The average Bonchev–Trinajstić information content (AvgIpc) is 3.20. The Morgan fingerprint density at radius 2 is 1.88 bits per heavy atom. The number of hydrogen-bond acceptors (Lipinski definition) is 5. The van der Waals surface area contributed by atoms with E-state index in [1.807, 2.05) is 79.0 Å². The van der Waals surface area contributed by atoms with Gasteiger partial charge in [-0.2, -0.15) is 10.4 Å². The molecule has 1 N–H and O–H groups in total. The van der Waals surface area contributed by atoms with Crippen LogP contribution < -0.4 is 10.2 Å². The maximum absolute atomic E-state index is 12.2. The molecular weight excluding hydrogens is 432 g/mol. The van der Waals surface area contributed by atoms with Gasteiger partial charge in [0.05, 0.1) is 30.7 Å². The second-order valence-corrected chi connectivity index (χ2v) is 8.30. The standard InChI is InChI=1S/C26H22N4O2S/c1-32-22-10-12-23(13-11-22)33-18-26(31)29-28-15-21-17-30(25-9-5-4-8-24(21)25)16-20-7-3-2-6-19(20)14-27/h2-13,15,17H,16,18H2,1H3,(H,29,31)/b28-15+. The van der Waals surface area contributed by atoms with E-state index in [9.17, 15) is 10.1 Å². The molecule has 0 aliphatic carbocycles. The van der Waals surface area contributed by atoms with E-state index in [1.165, 1.54) is 11.8 Å². The number of benzene rings is 3. The Labute approximate surface area is 196 Å². The fraction of sp³-hybridized carbons (Fsp3) is 0.115. The molecule has 3 aromatic carbocycles. The number of nitriles is 1. The molecule has 0 saturated heterocycles. The highest BCUT2D eigenvalue weighted by atomic mass is 32.2. The van der Waals surface area contributed by atoms with Crippen molar-refractivity contribution in [2.45, 2.75) is 11.4 Å². The van der Waals surface area contributed by atoms with E-state index in [-0.39, 0.29) is 11.7 Å². The minimum absolute atomic E-state index is 0.182. The molecule has 0 radical (unpaired) electrons. The summed E-state index contributed by atoms with van der Waals surface area (Å²) in [4.78, 5) is 13.2. The summed E-state index contributed by atoms with van der Waals surface area (Å²) in [6.45, 7) is 0.572. The second-order valence-electron chi connectivity index (χ2n) is 7.26. The van der Waals surface area contributed by atoms with E-state index >= 15 is 0 Å². The number of rotatable bonds is 8. The number of thioether (sulfide) groups is 1. The van der Waals surface area contributed by atoms with Crippen molar-refractivity contribution in [3.8, 4) is 11.8 Å². The first-order valence-corrected chi connectivity index (χ1v) is 11.3. The Bertz CT molecular complexity index is 1340. The van der Waals surface area contributed by atoms with Crippen molar-refractivity contribution in [1.29, 1.82) is 5.26 Å². The van der Waals surface area contributed by atoms with Gasteiger partial charge in [0.2, 0.25) is 5.91 Å². The van der Waals surface area contributed by atoms with E-state index in [4.69, 9.17) is 4.74 Å². The van der Waals surface area contributed by atoms with Crippen LogP contribution in [0.2, 0.25) is 0 Å². The quantitative estimate of drug-likeness (QED) is 0.235. The highest BCUT2D eigenvalue weighted by molar-refractivity contribution is 8.00. The molecule has 0 saturated carbocycles. The van der Waals surface area contributed by atoms with Gasteiger partial charge in [-0.25, -0.2) is 5.43 Å². The molecule has 4 rings (SSSR count). The summed E-state index contributed by atoms with van der Waals surface area (Å²) in [5.74, 6) is 0.860. The molecule has 1 heterocycles. The lowest BCUT2D eigenvalue weighted by Gasteiger charge is -2.07. The van der Waals surface area contributed by atoms with Crippen molar-refractivity contribution in [3.63, 3.8) is 0 Å². The SMILES string of the molecule is COc1ccc(SCC(=O)N/N=C/c2cn(Cc3ccccc3C#N)c3ccccc23)cc1. The number of ether oxygens (including phenoxy) is 1. The van der Waals surface area contributed by atoms with Crippen molar-refractivity contribution in [2.75, 3.05) is 12.9 Å². The molecular formula is C26H22N4O2S. The van der Waals surface area contributed by atoms with Gasteiger partial charge in [-0.15, -0.1) is 11.8 Å². The second kappa shape index (κ2) is 10.5. The summed E-state index contributed by atoms with van der Waals surface area (Å²) < 4.78 is 7.23. The van der Waals surface area contributed by atoms with Crippen LogP contribution in [-0.2, 0) is 11.3 Å². The van der Waals surface area contributed by atoms with Gasteiger partial charge in [-0.1, -0.05) is 36.4 Å². The maximum Gasteiger partial charge on any atom is 0.250 e. The predicted octanol–water partition coefficient (Wildman–Crippen LogP) is 4.81. The summed E-state index contributed by atoms with van der Waals surface area (Å²) in [7, 11) is 1.62. The molecule has 0 aliphatic heterocycles. The topological polar surface area (TPSA) is 79.4 Å². The Morgan fingerprint density at radius 1 is 1.12 bits per heavy atom. The molecule has 33 heavy (non-hydrogen) atoms. The van der Waals surface area contributed by atoms with Crippen LogP contribution in [0, 0.1) is 11.3 Å². The highest BCUT2D eigenvalue weighted by Crippen LogP contribution is 2.23. The molecule has 0 spiro atoms. The molecule has 1 aromatic heterocycles. The lowest BCUT2D eigenvalue weighted by atomic mass is 10.1. The first-order valence-electron chi connectivity index (χ1n) is 10.3. The fourth-order valence-corrected chi connectivity index (χ4v) is 4.18. The van der Waals surface area contributed by atoms with Gasteiger partial charge in [-0.3, -0.25) is 4.79 Å². The Hall–Kier alpha value is -4.02. The monoisotopic (exact) mass is 454 g/mol. The lowest BCUT2D eigenvalue weighted by molar-refractivity contribution is -0.118. The van der Waals surface area contributed by atoms with Gasteiger partial charge in [0.15, 0.2) is 0 Å². The van der Waals surface area contributed by atoms with E-state index < -0.39 is 0 Å². The number of para-hydroxylation sites is 1. The summed E-state index contributed by atoms with van der Waals surface area (Å²) >= 11 is 1.43. The van der Waals surface area contributed by atoms with Crippen LogP contribution in [0.3, 0.4) is 0 Å². The Morgan fingerprint density at radius 3 is 2.67 bits per heavy atom. The van der Waals surface area contributed by atoms with E-state index in [0.717, 1.165) is 32.7 Å². The summed E-state index contributed by atoms with van der Waals surface area (Å²) in [6.07, 6.45) is 3.64. The normalized spacial score (nSPS) is 10.9. The van der Waals surface area contributed by atoms with Gasteiger partial charge in [0.25, 0.3) is 0 Å². The van der Waals surface area contributed by atoms with Gasteiger partial charge >= 0.3 is 0 Å². The van der Waals surface area contributed by atoms with Gasteiger partial charge in [0.1, 0.15) is 5.75 Å². The number of hydrogen-bond donors (Lipinski definition) is 1. The summed E-state index contributed by atoms with van der Waals surface area (Å²) in [5.41, 5.74) is 6.14. The number of carbonyl (C=O) groups is 1. The minimum Gasteiger partial charge on any atom is -0.497 e. The van der Waals surface area contributed by atoms with Crippen molar-refractivity contribution in [2.24, 2.45) is 5.10 Å². The van der Waals surface area contributed by atoms with Crippen LogP contribution in [-0.4, -0.2) is 29.6 Å². The van der Waals surface area contributed by atoms with E-state index in [0.29, 0.717) is 12.1 Å². The third-order valence-electron chi connectivity index (χ3n) is 5.12. The summed E-state index contributed by atoms with van der Waals surface area (Å²) in [5, 5.41) is 14.6.